The molecule has 0 aromatic carbocycles. The van der Waals surface area contributed by atoms with Crippen molar-refractivity contribution in [3.8, 4) is 0 Å². The molecule has 0 heterocycles. The first kappa shape index (κ1) is 9.38. The third kappa shape index (κ3) is 3.41. The minimum Gasteiger partial charge on any atom is -0.748 e. The number of hydrogen-bond acceptors (Lipinski definition) is 5. The van der Waals surface area contributed by atoms with E-state index in [1.807, 2.05) is 0 Å². The summed E-state index contributed by atoms with van der Waals surface area (Å²) in [5, 5.41) is 8.34. The topological polar surface area (TPSA) is 97.3 Å². The van der Waals surface area contributed by atoms with Crippen LogP contribution in [0.1, 0.15) is 13.3 Å². The molecule has 5 nitrogen and oxygen atoms in total. The molecule has 10 heavy (non-hydrogen) atoms. The maximum absolute atomic E-state index is 10.0. The summed E-state index contributed by atoms with van der Waals surface area (Å²) in [6.45, 7) is 1.03. The van der Waals surface area contributed by atoms with Crippen molar-refractivity contribution in [3.05, 3.63) is 0 Å². The number of aliphatic carboxylic acids is 1. The summed E-state index contributed by atoms with van der Waals surface area (Å²) in [4.78, 5) is 9.74. The first-order valence-corrected chi connectivity index (χ1v) is 3.95. The Hall–Kier alpha value is -0.620. The van der Waals surface area contributed by atoms with E-state index in [9.17, 15) is 22.9 Å². The Morgan fingerprint density at radius 2 is 2.00 bits per heavy atom. The van der Waals surface area contributed by atoms with E-state index in [0.717, 1.165) is 6.92 Å². The first-order chi connectivity index (χ1) is 4.34. The van der Waals surface area contributed by atoms with Crippen LogP contribution in [0.25, 0.3) is 0 Å². The van der Waals surface area contributed by atoms with Gasteiger partial charge in [0.05, 0.1) is 15.4 Å². The van der Waals surface area contributed by atoms with Crippen LogP contribution in [0.15, 0.2) is 0 Å². The van der Waals surface area contributed by atoms with E-state index in [1.54, 1.807) is 0 Å². The summed E-state index contributed by atoms with van der Waals surface area (Å²) in [6.07, 6.45) is -0.744. The van der Waals surface area contributed by atoms with Crippen molar-refractivity contribution >= 4 is 16.1 Å². The molecule has 6 heteroatoms. The van der Waals surface area contributed by atoms with Gasteiger partial charge in [-0.3, -0.25) is 0 Å². The average Bonchev–Trinajstić information content (AvgIpc) is 1.60. The Morgan fingerprint density at radius 1 is 1.60 bits per heavy atom. The number of carboxylic acid groups (broad SMARTS) is 1. The van der Waals surface area contributed by atoms with Gasteiger partial charge in [-0.25, -0.2) is 8.42 Å². The van der Waals surface area contributed by atoms with E-state index in [-0.39, 0.29) is 0 Å². The van der Waals surface area contributed by atoms with Gasteiger partial charge in [0.1, 0.15) is 0 Å². The second-order valence-electron chi connectivity index (χ2n) is 1.88. The molecule has 0 aliphatic carbocycles. The lowest BCUT2D eigenvalue weighted by molar-refractivity contribution is -0.305. The molecule has 0 amide bonds. The number of carbonyl (C=O) groups is 1. The highest BCUT2D eigenvalue weighted by atomic mass is 32.2. The average molecular weight is 166 g/mol. The molecule has 0 radical (unpaired) electrons. The van der Waals surface area contributed by atoms with Gasteiger partial charge in [0.25, 0.3) is 0 Å². The molecule has 1 unspecified atom stereocenters. The first-order valence-electron chi connectivity index (χ1n) is 2.48. The number of hydrogen-bond donors (Lipinski definition) is 0. The molecule has 0 saturated heterocycles. The molecular formula is C4H6O5S-2. The van der Waals surface area contributed by atoms with Crippen molar-refractivity contribution < 1.29 is 22.9 Å². The third-order valence-electron chi connectivity index (χ3n) is 0.947. The largest absolute Gasteiger partial charge is 0.748 e. The number of carbonyl (C=O) groups excluding carboxylic acids is 1. The molecule has 0 bridgehead atoms. The van der Waals surface area contributed by atoms with Gasteiger partial charge in [0, 0.05) is 12.4 Å². The van der Waals surface area contributed by atoms with Crippen molar-refractivity contribution in [2.75, 3.05) is 0 Å². The minimum atomic E-state index is -4.47. The second-order valence-corrected chi connectivity index (χ2v) is 3.67. The summed E-state index contributed by atoms with van der Waals surface area (Å²) in [7, 11) is -4.47. The Kier molecular flexibility index (Phi) is 2.79. The van der Waals surface area contributed by atoms with Crippen molar-refractivity contribution in [2.45, 2.75) is 18.6 Å². The van der Waals surface area contributed by atoms with Gasteiger partial charge in [0.15, 0.2) is 0 Å². The molecule has 60 valence electrons. The van der Waals surface area contributed by atoms with Crippen LogP contribution in [-0.4, -0.2) is 24.2 Å². The van der Waals surface area contributed by atoms with Gasteiger partial charge in [-0.05, 0) is 6.92 Å². The molecule has 0 spiro atoms. The molecule has 0 aromatic rings. The lowest BCUT2D eigenvalue weighted by Gasteiger charge is -2.15. The molecule has 0 saturated carbocycles. The summed E-state index contributed by atoms with van der Waals surface area (Å²) in [6, 6.07) is 0. The van der Waals surface area contributed by atoms with Crippen LogP contribution in [0.4, 0.5) is 0 Å². The van der Waals surface area contributed by atoms with E-state index in [0.29, 0.717) is 0 Å². The van der Waals surface area contributed by atoms with Crippen LogP contribution in [0.5, 0.6) is 0 Å². The van der Waals surface area contributed by atoms with E-state index in [4.69, 9.17) is 0 Å². The van der Waals surface area contributed by atoms with Crippen LogP contribution in [0, 0.1) is 0 Å². The van der Waals surface area contributed by atoms with Crippen molar-refractivity contribution in [2.24, 2.45) is 0 Å². The molecular weight excluding hydrogens is 160 g/mol. The molecule has 0 aliphatic heterocycles. The lowest BCUT2D eigenvalue weighted by atomic mass is 10.3. The van der Waals surface area contributed by atoms with Gasteiger partial charge in [-0.1, -0.05) is 0 Å². The van der Waals surface area contributed by atoms with Gasteiger partial charge in [0.2, 0.25) is 0 Å². The molecule has 0 N–H and O–H groups in total. The SMILES string of the molecule is CC(CC(=O)[O-])S(=O)(=O)[O-]. The van der Waals surface area contributed by atoms with Gasteiger partial charge >= 0.3 is 0 Å². The Morgan fingerprint density at radius 3 is 2.10 bits per heavy atom. The summed E-state index contributed by atoms with van der Waals surface area (Å²) in [5.74, 6) is -1.54. The fourth-order valence-electron chi connectivity index (χ4n) is 0.337. The van der Waals surface area contributed by atoms with Crippen LogP contribution in [-0.2, 0) is 14.9 Å². The van der Waals surface area contributed by atoms with E-state index >= 15 is 0 Å². The van der Waals surface area contributed by atoms with Crippen LogP contribution < -0.4 is 5.11 Å². The summed E-state index contributed by atoms with van der Waals surface area (Å²) in [5.41, 5.74) is 0. The number of carboxylic acids is 1. The summed E-state index contributed by atoms with van der Waals surface area (Å²) < 4.78 is 30.1. The monoisotopic (exact) mass is 166 g/mol. The van der Waals surface area contributed by atoms with Gasteiger partial charge < -0.3 is 14.5 Å². The highest BCUT2D eigenvalue weighted by molar-refractivity contribution is 7.86. The maximum Gasteiger partial charge on any atom is 0.0976 e. The summed E-state index contributed by atoms with van der Waals surface area (Å²) >= 11 is 0. The fourth-order valence-corrected chi connectivity index (χ4v) is 0.677. The zero-order valence-corrected chi connectivity index (χ0v) is 6.05. The molecule has 0 rings (SSSR count). The Bertz CT molecular complexity index is 216. The minimum absolute atomic E-state index is 0.744. The molecule has 1 atom stereocenters. The smallest absolute Gasteiger partial charge is 0.0976 e. The quantitative estimate of drug-likeness (QED) is 0.454. The van der Waals surface area contributed by atoms with Gasteiger partial charge in [-0.15, -0.1) is 0 Å². The Balaban J connectivity index is 4.12. The predicted molar refractivity (Wildman–Crippen MR) is 28.8 cm³/mol. The Labute approximate surface area is 58.4 Å². The van der Waals surface area contributed by atoms with E-state index in [2.05, 4.69) is 0 Å². The van der Waals surface area contributed by atoms with Crippen LogP contribution in [0.3, 0.4) is 0 Å². The standard InChI is InChI=1S/C4H8O5S/c1-3(2-4(5)6)10(7,8)9/h3H,2H2,1H3,(H,5,6)(H,7,8,9)/p-2. The number of rotatable bonds is 3. The van der Waals surface area contributed by atoms with Crippen molar-refractivity contribution in [3.63, 3.8) is 0 Å². The lowest BCUT2D eigenvalue weighted by Crippen LogP contribution is -2.30. The van der Waals surface area contributed by atoms with Crippen molar-refractivity contribution in [1.82, 2.24) is 0 Å². The molecule has 0 aliphatic rings. The maximum atomic E-state index is 10.0. The van der Waals surface area contributed by atoms with E-state index < -0.39 is 27.8 Å². The zero-order valence-electron chi connectivity index (χ0n) is 5.23. The molecule has 0 fully saturated rings. The zero-order chi connectivity index (χ0) is 8.36. The highest BCUT2D eigenvalue weighted by Gasteiger charge is 2.08. The molecule has 0 aromatic heterocycles. The normalized spacial score (nSPS) is 14.6. The van der Waals surface area contributed by atoms with E-state index in [1.165, 1.54) is 0 Å². The fraction of sp³-hybridized carbons (Fsp3) is 0.750. The van der Waals surface area contributed by atoms with Crippen molar-refractivity contribution in [1.29, 1.82) is 0 Å². The van der Waals surface area contributed by atoms with Crippen LogP contribution >= 0.6 is 0 Å². The second kappa shape index (κ2) is 2.98. The van der Waals surface area contributed by atoms with Gasteiger partial charge in [-0.2, -0.15) is 0 Å². The highest BCUT2D eigenvalue weighted by Crippen LogP contribution is 2.00. The van der Waals surface area contributed by atoms with Crippen LogP contribution in [0.2, 0.25) is 0 Å². The third-order valence-corrected chi connectivity index (χ3v) is 2.10. The predicted octanol–water partition coefficient (Wildman–Crippen LogP) is -1.94.